The number of hydrogen-bond donors (Lipinski definition) is 2. The van der Waals surface area contributed by atoms with Gasteiger partial charge in [0.15, 0.2) is 0 Å². The Hall–Kier alpha value is -2.25. The summed E-state index contributed by atoms with van der Waals surface area (Å²) in [6, 6.07) is 7.37. The highest BCUT2D eigenvalue weighted by atomic mass is 16.5. The number of hydrogen-bond acceptors (Lipinski definition) is 5. The maximum absolute atomic E-state index is 11.9. The number of aromatic nitrogens is 3. The van der Waals surface area contributed by atoms with E-state index >= 15 is 0 Å². The van der Waals surface area contributed by atoms with Gasteiger partial charge in [-0.05, 0) is 24.3 Å². The highest BCUT2D eigenvalue weighted by Gasteiger charge is 2.17. The molecule has 2 N–H and O–H groups in total. The van der Waals surface area contributed by atoms with Gasteiger partial charge in [0.1, 0.15) is 0 Å². The first kappa shape index (κ1) is 13.7. The van der Waals surface area contributed by atoms with Crippen LogP contribution in [0.15, 0.2) is 36.7 Å². The Balaban J connectivity index is 1.56. The summed E-state index contributed by atoms with van der Waals surface area (Å²) < 4.78 is 5.51. The smallest absolute Gasteiger partial charge is 0.227 e. The number of rotatable bonds is 4. The maximum atomic E-state index is 11.9. The molecule has 1 aromatic carbocycles. The highest BCUT2D eigenvalue weighted by Crippen LogP contribution is 2.12. The van der Waals surface area contributed by atoms with Gasteiger partial charge in [-0.25, -0.2) is 0 Å². The third kappa shape index (κ3) is 3.65. The Kier molecular flexibility index (Phi) is 4.23. The van der Waals surface area contributed by atoms with E-state index in [1.54, 1.807) is 12.4 Å². The van der Waals surface area contributed by atoms with Crippen molar-refractivity contribution in [3.63, 3.8) is 0 Å². The lowest BCUT2D eigenvalue weighted by atomic mass is 10.2. The number of benzene rings is 1. The zero-order valence-electron chi connectivity index (χ0n) is 11.5. The van der Waals surface area contributed by atoms with Crippen molar-refractivity contribution in [1.29, 1.82) is 0 Å². The molecular weight excluding hydrogens is 270 g/mol. The molecule has 0 spiro atoms. The molecule has 0 aliphatic carbocycles. The van der Waals surface area contributed by atoms with E-state index < -0.39 is 0 Å². The second kappa shape index (κ2) is 6.47. The topological polar surface area (TPSA) is 81.1 Å². The number of carbonyl (C=O) groups is 1. The number of anilines is 1. The lowest BCUT2D eigenvalue weighted by molar-refractivity contribution is -0.119. The molecule has 0 saturated carbocycles. The van der Waals surface area contributed by atoms with Crippen molar-refractivity contribution in [3.05, 3.63) is 36.7 Å². The summed E-state index contributed by atoms with van der Waals surface area (Å²) in [7, 11) is 0. The number of carbonyl (C=O) groups excluding carboxylic acids is 1. The Morgan fingerprint density at radius 3 is 2.76 bits per heavy atom. The molecule has 1 saturated heterocycles. The Morgan fingerprint density at radius 2 is 2.10 bits per heavy atom. The highest BCUT2D eigenvalue weighted by molar-refractivity contribution is 5.91. The fourth-order valence-corrected chi connectivity index (χ4v) is 2.20. The largest absolute Gasteiger partial charge is 0.375 e. The fraction of sp³-hybridized carbons (Fsp3) is 0.357. The van der Waals surface area contributed by atoms with Crippen LogP contribution in [0.2, 0.25) is 0 Å². The summed E-state index contributed by atoms with van der Waals surface area (Å²) in [4.78, 5) is 13.5. The van der Waals surface area contributed by atoms with E-state index in [4.69, 9.17) is 4.74 Å². The van der Waals surface area contributed by atoms with Gasteiger partial charge >= 0.3 is 0 Å². The van der Waals surface area contributed by atoms with Gasteiger partial charge in [0.05, 0.1) is 37.2 Å². The van der Waals surface area contributed by atoms with E-state index in [2.05, 4.69) is 20.8 Å². The molecule has 110 valence electrons. The first-order chi connectivity index (χ1) is 10.3. The Labute approximate surface area is 122 Å². The molecule has 21 heavy (non-hydrogen) atoms. The van der Waals surface area contributed by atoms with Crippen LogP contribution in [0.25, 0.3) is 5.69 Å². The first-order valence-corrected chi connectivity index (χ1v) is 6.90. The Morgan fingerprint density at radius 1 is 1.33 bits per heavy atom. The lowest BCUT2D eigenvalue weighted by Crippen LogP contribution is -2.40. The van der Waals surface area contributed by atoms with Crippen molar-refractivity contribution < 1.29 is 9.53 Å². The van der Waals surface area contributed by atoms with Crippen LogP contribution in [0, 0.1) is 0 Å². The standard InChI is InChI=1S/C14H17N5O2/c20-14(9-13-10-15-7-8-21-13)18-11-1-3-12(4-2-11)19-16-5-6-17-19/h1-6,13,15H,7-10H2,(H,18,20). The van der Waals surface area contributed by atoms with Gasteiger partial charge in [0, 0.05) is 18.8 Å². The van der Waals surface area contributed by atoms with Crippen molar-refractivity contribution in [2.45, 2.75) is 12.5 Å². The van der Waals surface area contributed by atoms with E-state index in [9.17, 15) is 4.79 Å². The Bertz CT molecular complexity index is 576. The summed E-state index contributed by atoms with van der Waals surface area (Å²) in [6.45, 7) is 2.22. The summed E-state index contributed by atoms with van der Waals surface area (Å²) in [5, 5.41) is 14.2. The summed E-state index contributed by atoms with van der Waals surface area (Å²) in [5.41, 5.74) is 1.59. The van der Waals surface area contributed by atoms with Crippen LogP contribution >= 0.6 is 0 Å². The average molecular weight is 287 g/mol. The number of amides is 1. The van der Waals surface area contributed by atoms with E-state index in [0.717, 1.165) is 24.5 Å². The second-order valence-electron chi connectivity index (χ2n) is 4.81. The minimum absolute atomic E-state index is 0.0475. The monoisotopic (exact) mass is 287 g/mol. The summed E-state index contributed by atoms with van der Waals surface area (Å²) in [5.74, 6) is -0.0475. The number of nitrogens with one attached hydrogen (secondary N) is 2. The number of ether oxygens (including phenoxy) is 1. The number of morpholine rings is 1. The normalized spacial score (nSPS) is 18.4. The van der Waals surface area contributed by atoms with Crippen molar-refractivity contribution >= 4 is 11.6 Å². The molecule has 0 radical (unpaired) electrons. The molecule has 2 heterocycles. The lowest BCUT2D eigenvalue weighted by Gasteiger charge is -2.23. The molecule has 1 aliphatic heterocycles. The van der Waals surface area contributed by atoms with E-state index in [1.165, 1.54) is 4.80 Å². The molecule has 3 rings (SSSR count). The molecule has 1 fully saturated rings. The number of nitrogens with zero attached hydrogens (tertiary/aromatic N) is 3. The molecule has 1 amide bonds. The van der Waals surface area contributed by atoms with Crippen molar-refractivity contribution in [2.75, 3.05) is 25.0 Å². The average Bonchev–Trinajstić information content (AvgIpc) is 3.03. The van der Waals surface area contributed by atoms with Crippen LogP contribution in [-0.4, -0.2) is 46.7 Å². The van der Waals surface area contributed by atoms with Crippen LogP contribution in [0.4, 0.5) is 5.69 Å². The fourth-order valence-electron chi connectivity index (χ4n) is 2.20. The maximum Gasteiger partial charge on any atom is 0.227 e. The van der Waals surface area contributed by atoms with E-state index in [1.807, 2.05) is 24.3 Å². The van der Waals surface area contributed by atoms with Crippen LogP contribution in [0.3, 0.4) is 0 Å². The van der Waals surface area contributed by atoms with Gasteiger partial charge in [0.2, 0.25) is 5.91 Å². The van der Waals surface area contributed by atoms with Crippen LogP contribution in [-0.2, 0) is 9.53 Å². The molecule has 7 heteroatoms. The summed E-state index contributed by atoms with van der Waals surface area (Å²) in [6.07, 6.45) is 3.54. The third-order valence-electron chi connectivity index (χ3n) is 3.22. The van der Waals surface area contributed by atoms with Crippen molar-refractivity contribution in [3.8, 4) is 5.69 Å². The zero-order valence-corrected chi connectivity index (χ0v) is 11.5. The minimum Gasteiger partial charge on any atom is -0.375 e. The second-order valence-corrected chi connectivity index (χ2v) is 4.81. The molecular formula is C14H17N5O2. The van der Waals surface area contributed by atoms with Gasteiger partial charge in [-0.3, -0.25) is 4.79 Å². The minimum atomic E-state index is -0.0497. The predicted molar refractivity (Wildman–Crippen MR) is 77.2 cm³/mol. The van der Waals surface area contributed by atoms with Crippen molar-refractivity contribution in [2.24, 2.45) is 0 Å². The van der Waals surface area contributed by atoms with E-state index in [-0.39, 0.29) is 12.0 Å². The molecule has 2 aromatic rings. The molecule has 1 aliphatic rings. The van der Waals surface area contributed by atoms with Crippen LogP contribution in [0.1, 0.15) is 6.42 Å². The van der Waals surface area contributed by atoms with Gasteiger partial charge in [-0.2, -0.15) is 15.0 Å². The van der Waals surface area contributed by atoms with Gasteiger partial charge in [0.25, 0.3) is 0 Å². The molecule has 0 bridgehead atoms. The van der Waals surface area contributed by atoms with Gasteiger partial charge in [-0.1, -0.05) is 0 Å². The third-order valence-corrected chi connectivity index (χ3v) is 3.22. The van der Waals surface area contributed by atoms with Crippen LogP contribution in [0.5, 0.6) is 0 Å². The van der Waals surface area contributed by atoms with Crippen LogP contribution < -0.4 is 10.6 Å². The van der Waals surface area contributed by atoms with Gasteiger partial charge < -0.3 is 15.4 Å². The quantitative estimate of drug-likeness (QED) is 0.860. The molecule has 7 nitrogen and oxygen atoms in total. The van der Waals surface area contributed by atoms with E-state index in [0.29, 0.717) is 13.0 Å². The molecule has 1 unspecified atom stereocenters. The molecule has 1 aromatic heterocycles. The van der Waals surface area contributed by atoms with Gasteiger partial charge in [-0.15, -0.1) is 0 Å². The first-order valence-electron chi connectivity index (χ1n) is 6.90. The predicted octanol–water partition coefficient (Wildman–Crippen LogP) is 0.584. The molecule has 1 atom stereocenters. The SMILES string of the molecule is O=C(CC1CNCCO1)Nc1ccc(-n2nccn2)cc1. The zero-order chi connectivity index (χ0) is 14.5. The summed E-state index contributed by atoms with van der Waals surface area (Å²) >= 11 is 0. The van der Waals surface area contributed by atoms with Crippen molar-refractivity contribution in [1.82, 2.24) is 20.3 Å².